The van der Waals surface area contributed by atoms with Crippen molar-refractivity contribution in [3.05, 3.63) is 35.9 Å². The maximum absolute atomic E-state index is 12.4. The van der Waals surface area contributed by atoms with E-state index in [1.807, 2.05) is 6.07 Å². The van der Waals surface area contributed by atoms with Gasteiger partial charge in [0, 0.05) is 13.1 Å². The van der Waals surface area contributed by atoms with Crippen LogP contribution < -0.4 is 4.72 Å². The molecule has 1 aromatic rings. The summed E-state index contributed by atoms with van der Waals surface area (Å²) in [7, 11) is -3.99. The number of carboxylic acid groups (broad SMARTS) is 1. The van der Waals surface area contributed by atoms with Crippen LogP contribution in [0, 0.1) is 17.2 Å². The second-order valence-corrected chi connectivity index (χ2v) is 6.89. The van der Waals surface area contributed by atoms with Crippen molar-refractivity contribution in [1.82, 2.24) is 9.03 Å². The SMILES string of the molecule is CCN(CC(C)C#N)S(=O)(=O)N[C@@H](Cc1ccccc1)C(=O)O. The van der Waals surface area contributed by atoms with Gasteiger partial charge in [-0.25, -0.2) is 0 Å². The smallest absolute Gasteiger partial charge is 0.322 e. The van der Waals surface area contributed by atoms with Gasteiger partial charge in [-0.3, -0.25) is 4.79 Å². The largest absolute Gasteiger partial charge is 0.480 e. The first-order valence-electron chi connectivity index (χ1n) is 7.24. The maximum Gasteiger partial charge on any atom is 0.322 e. The summed E-state index contributed by atoms with van der Waals surface area (Å²) in [4.78, 5) is 11.4. The van der Waals surface area contributed by atoms with E-state index >= 15 is 0 Å². The third-order valence-electron chi connectivity index (χ3n) is 3.26. The molecule has 0 bridgehead atoms. The molecule has 0 aliphatic rings. The Balaban J connectivity index is 2.89. The Kier molecular flexibility index (Phi) is 7.16. The van der Waals surface area contributed by atoms with Gasteiger partial charge in [0.25, 0.3) is 10.2 Å². The zero-order valence-corrected chi connectivity index (χ0v) is 14.0. The Morgan fingerprint density at radius 2 is 2.00 bits per heavy atom. The monoisotopic (exact) mass is 339 g/mol. The zero-order valence-electron chi connectivity index (χ0n) is 13.1. The van der Waals surface area contributed by atoms with E-state index in [1.54, 1.807) is 44.2 Å². The van der Waals surface area contributed by atoms with Gasteiger partial charge in [0.2, 0.25) is 0 Å². The highest BCUT2D eigenvalue weighted by Crippen LogP contribution is 2.08. The van der Waals surface area contributed by atoms with E-state index in [1.165, 1.54) is 0 Å². The van der Waals surface area contributed by atoms with Crippen molar-refractivity contribution >= 4 is 16.2 Å². The molecule has 23 heavy (non-hydrogen) atoms. The van der Waals surface area contributed by atoms with E-state index in [0.717, 1.165) is 9.87 Å². The van der Waals surface area contributed by atoms with Gasteiger partial charge in [-0.2, -0.15) is 22.7 Å². The Labute approximate surface area is 136 Å². The Hall–Kier alpha value is -1.95. The van der Waals surface area contributed by atoms with Gasteiger partial charge < -0.3 is 5.11 Å². The second kappa shape index (κ2) is 8.62. The van der Waals surface area contributed by atoms with Gasteiger partial charge >= 0.3 is 5.97 Å². The molecule has 126 valence electrons. The van der Waals surface area contributed by atoms with E-state index in [0.29, 0.717) is 0 Å². The maximum atomic E-state index is 12.4. The van der Waals surface area contributed by atoms with Crippen molar-refractivity contribution in [2.24, 2.45) is 5.92 Å². The molecule has 0 radical (unpaired) electrons. The molecule has 0 fully saturated rings. The van der Waals surface area contributed by atoms with Gasteiger partial charge in [-0.1, -0.05) is 37.3 Å². The number of aliphatic carboxylic acids is 1. The van der Waals surface area contributed by atoms with Crippen molar-refractivity contribution in [1.29, 1.82) is 5.26 Å². The first-order chi connectivity index (χ1) is 10.8. The summed E-state index contributed by atoms with van der Waals surface area (Å²) in [6.45, 7) is 3.41. The summed E-state index contributed by atoms with van der Waals surface area (Å²) in [5, 5.41) is 18.1. The highest BCUT2D eigenvalue weighted by Gasteiger charge is 2.29. The first kappa shape index (κ1) is 19.1. The van der Waals surface area contributed by atoms with Gasteiger partial charge in [0.15, 0.2) is 0 Å². The van der Waals surface area contributed by atoms with Crippen molar-refractivity contribution in [2.75, 3.05) is 13.1 Å². The molecule has 0 aliphatic carbocycles. The van der Waals surface area contributed by atoms with E-state index in [4.69, 9.17) is 5.26 Å². The topological polar surface area (TPSA) is 111 Å². The van der Waals surface area contributed by atoms with E-state index in [2.05, 4.69) is 4.72 Å². The molecule has 0 saturated carbocycles. The molecule has 0 saturated heterocycles. The summed E-state index contributed by atoms with van der Waals surface area (Å²) in [5.74, 6) is -1.73. The van der Waals surface area contributed by atoms with E-state index in [-0.39, 0.29) is 19.5 Å². The molecule has 0 aliphatic heterocycles. The van der Waals surface area contributed by atoms with Crippen LogP contribution in [-0.4, -0.2) is 42.9 Å². The number of carboxylic acids is 1. The standard InChI is InChI=1S/C15H21N3O4S/c1-3-18(11-12(2)10-16)23(21,22)17-14(15(19)20)9-13-7-5-4-6-8-13/h4-8,12,14,17H,3,9,11H2,1-2H3,(H,19,20)/t12?,14-/m0/s1. The summed E-state index contributed by atoms with van der Waals surface area (Å²) >= 11 is 0. The fourth-order valence-electron chi connectivity index (χ4n) is 2.03. The minimum atomic E-state index is -3.99. The lowest BCUT2D eigenvalue weighted by molar-refractivity contribution is -0.138. The number of rotatable bonds is 9. The lowest BCUT2D eigenvalue weighted by Crippen LogP contribution is -2.50. The van der Waals surface area contributed by atoms with Crippen molar-refractivity contribution in [3.8, 4) is 6.07 Å². The normalized spacial score (nSPS) is 14.2. The van der Waals surface area contributed by atoms with Crippen LogP contribution in [0.1, 0.15) is 19.4 Å². The quantitative estimate of drug-likeness (QED) is 0.697. The minimum absolute atomic E-state index is 0.0139. The highest BCUT2D eigenvalue weighted by molar-refractivity contribution is 7.87. The third-order valence-corrected chi connectivity index (χ3v) is 4.93. The number of carbonyl (C=O) groups is 1. The van der Waals surface area contributed by atoms with Crippen LogP contribution >= 0.6 is 0 Å². The van der Waals surface area contributed by atoms with Crippen LogP contribution in [0.4, 0.5) is 0 Å². The van der Waals surface area contributed by atoms with Crippen LogP contribution in [0.15, 0.2) is 30.3 Å². The molecule has 0 heterocycles. The molecule has 1 unspecified atom stereocenters. The molecule has 0 aromatic heterocycles. The zero-order chi connectivity index (χ0) is 17.5. The fraction of sp³-hybridized carbons (Fsp3) is 0.467. The molecule has 7 nitrogen and oxygen atoms in total. The number of hydrogen-bond acceptors (Lipinski definition) is 4. The van der Waals surface area contributed by atoms with Gasteiger partial charge in [-0.05, 0) is 18.9 Å². The lowest BCUT2D eigenvalue weighted by Gasteiger charge is -2.24. The van der Waals surface area contributed by atoms with Crippen molar-refractivity contribution < 1.29 is 18.3 Å². The summed E-state index contributed by atoms with van der Waals surface area (Å²) in [6, 6.07) is 9.49. The second-order valence-electron chi connectivity index (χ2n) is 5.18. The summed E-state index contributed by atoms with van der Waals surface area (Å²) < 4.78 is 28.0. The fourth-order valence-corrected chi connectivity index (χ4v) is 3.48. The first-order valence-corrected chi connectivity index (χ1v) is 8.68. The van der Waals surface area contributed by atoms with E-state index in [9.17, 15) is 18.3 Å². The average molecular weight is 339 g/mol. The number of benzene rings is 1. The molecule has 2 atom stereocenters. The Morgan fingerprint density at radius 1 is 1.39 bits per heavy atom. The number of nitrogens with one attached hydrogen (secondary N) is 1. The third kappa shape index (κ3) is 5.98. The van der Waals surface area contributed by atoms with E-state index < -0.39 is 28.1 Å². The van der Waals surface area contributed by atoms with Crippen LogP contribution in [-0.2, 0) is 21.4 Å². The van der Waals surface area contributed by atoms with Crippen LogP contribution in [0.25, 0.3) is 0 Å². The van der Waals surface area contributed by atoms with Crippen LogP contribution in [0.2, 0.25) is 0 Å². The van der Waals surface area contributed by atoms with Crippen molar-refractivity contribution in [2.45, 2.75) is 26.3 Å². The Bertz CT molecular complexity index is 655. The lowest BCUT2D eigenvalue weighted by atomic mass is 10.1. The number of hydrogen-bond donors (Lipinski definition) is 2. The number of nitriles is 1. The molecular weight excluding hydrogens is 318 g/mol. The molecular formula is C15H21N3O4S. The van der Waals surface area contributed by atoms with Crippen LogP contribution in [0.3, 0.4) is 0 Å². The summed E-state index contributed by atoms with van der Waals surface area (Å²) in [5.41, 5.74) is 0.719. The molecule has 2 N–H and O–H groups in total. The Morgan fingerprint density at radius 3 is 2.48 bits per heavy atom. The van der Waals surface area contributed by atoms with Crippen LogP contribution in [0.5, 0.6) is 0 Å². The molecule has 8 heteroatoms. The summed E-state index contributed by atoms with van der Waals surface area (Å²) in [6.07, 6.45) is 0.0424. The molecule has 1 rings (SSSR count). The molecule has 0 spiro atoms. The van der Waals surface area contributed by atoms with Gasteiger partial charge in [0.1, 0.15) is 6.04 Å². The average Bonchev–Trinajstić information content (AvgIpc) is 2.52. The van der Waals surface area contributed by atoms with Gasteiger partial charge in [-0.15, -0.1) is 0 Å². The minimum Gasteiger partial charge on any atom is -0.480 e. The highest BCUT2D eigenvalue weighted by atomic mass is 32.2. The molecule has 0 amide bonds. The van der Waals surface area contributed by atoms with Crippen molar-refractivity contribution in [3.63, 3.8) is 0 Å². The predicted molar refractivity (Wildman–Crippen MR) is 85.6 cm³/mol. The number of nitrogens with zero attached hydrogens (tertiary/aromatic N) is 2. The molecule has 1 aromatic carbocycles. The predicted octanol–water partition coefficient (Wildman–Crippen LogP) is 0.998. The van der Waals surface area contributed by atoms with Gasteiger partial charge in [0.05, 0.1) is 12.0 Å².